The van der Waals surface area contributed by atoms with Crippen LogP contribution in [0.4, 0.5) is 0 Å². The summed E-state index contributed by atoms with van der Waals surface area (Å²) in [4.78, 5) is 29.0. The second kappa shape index (κ2) is 9.30. The summed E-state index contributed by atoms with van der Waals surface area (Å²) in [6, 6.07) is 9.42. The van der Waals surface area contributed by atoms with Crippen LogP contribution in [0.5, 0.6) is 11.5 Å². The third-order valence-electron chi connectivity index (χ3n) is 6.77. The van der Waals surface area contributed by atoms with Gasteiger partial charge in [0, 0.05) is 30.6 Å². The first-order chi connectivity index (χ1) is 15.1. The van der Waals surface area contributed by atoms with E-state index in [2.05, 4.69) is 5.32 Å². The van der Waals surface area contributed by atoms with Crippen molar-refractivity contribution in [2.45, 2.75) is 38.6 Å². The number of para-hydroxylation sites is 1. The van der Waals surface area contributed by atoms with E-state index in [-0.39, 0.29) is 23.1 Å². The highest BCUT2D eigenvalue weighted by Crippen LogP contribution is 2.48. The van der Waals surface area contributed by atoms with Crippen LogP contribution in [0.2, 0.25) is 0 Å². The van der Waals surface area contributed by atoms with E-state index in [4.69, 9.17) is 9.47 Å². The molecule has 1 aromatic carbocycles. The second-order valence-electron chi connectivity index (χ2n) is 8.51. The Morgan fingerprint density at radius 3 is 2.61 bits per heavy atom. The van der Waals surface area contributed by atoms with Crippen LogP contribution >= 0.6 is 11.3 Å². The van der Waals surface area contributed by atoms with Gasteiger partial charge in [0.1, 0.15) is 0 Å². The predicted molar refractivity (Wildman–Crippen MR) is 121 cm³/mol. The molecule has 7 heteroatoms. The van der Waals surface area contributed by atoms with Crippen LogP contribution in [0.1, 0.15) is 47.3 Å². The maximum absolute atomic E-state index is 13.4. The molecule has 2 heterocycles. The van der Waals surface area contributed by atoms with Gasteiger partial charge in [-0.2, -0.15) is 0 Å². The lowest BCUT2D eigenvalue weighted by molar-refractivity contribution is -0.128. The number of nitrogens with one attached hydrogen (secondary N) is 1. The van der Waals surface area contributed by atoms with Gasteiger partial charge >= 0.3 is 0 Å². The summed E-state index contributed by atoms with van der Waals surface area (Å²) >= 11 is 1.46. The van der Waals surface area contributed by atoms with Gasteiger partial charge in [-0.05, 0) is 30.4 Å². The minimum Gasteiger partial charge on any atom is -0.493 e. The Morgan fingerprint density at radius 2 is 1.94 bits per heavy atom. The number of methoxy groups -OCH3 is 2. The Balaban J connectivity index is 1.51. The van der Waals surface area contributed by atoms with Gasteiger partial charge in [-0.3, -0.25) is 9.59 Å². The van der Waals surface area contributed by atoms with Crippen LogP contribution in [-0.4, -0.2) is 44.0 Å². The highest BCUT2D eigenvalue weighted by molar-refractivity contribution is 7.12. The summed E-state index contributed by atoms with van der Waals surface area (Å²) in [5.74, 6) is 1.16. The fraction of sp³-hybridized carbons (Fsp3) is 0.500. The highest BCUT2D eigenvalue weighted by Gasteiger charge is 2.51. The van der Waals surface area contributed by atoms with E-state index >= 15 is 0 Å². The number of ether oxygens (including phenoxy) is 2. The molecule has 4 rings (SSSR count). The van der Waals surface area contributed by atoms with Crippen molar-refractivity contribution in [3.8, 4) is 11.5 Å². The Kier molecular flexibility index (Phi) is 6.51. The standard InChI is InChI=1S/C24H30N2O4S/c1-29-19-9-6-8-17(21(19)30-2)14-25-22(27)18-15-26(23(28)20-10-7-13-31-20)16-24(18)11-4-3-5-12-24/h6-10,13,18H,3-5,11-12,14-16H2,1-2H3,(H,25,27)/t18-/m1/s1. The van der Waals surface area contributed by atoms with Crippen molar-refractivity contribution >= 4 is 23.2 Å². The SMILES string of the molecule is COc1cccc(CNC(=O)[C@H]2CN(C(=O)c3cccs3)CC23CCCCC3)c1OC. The van der Waals surface area contributed by atoms with Crippen molar-refractivity contribution in [1.82, 2.24) is 10.2 Å². The van der Waals surface area contributed by atoms with Crippen molar-refractivity contribution in [1.29, 1.82) is 0 Å². The topological polar surface area (TPSA) is 67.9 Å². The number of hydrogen-bond acceptors (Lipinski definition) is 5. The molecule has 0 bridgehead atoms. The molecule has 1 spiro atoms. The van der Waals surface area contributed by atoms with Crippen molar-refractivity contribution in [2.75, 3.05) is 27.3 Å². The molecule has 1 saturated heterocycles. The number of benzene rings is 1. The van der Waals surface area contributed by atoms with E-state index in [1.807, 2.05) is 40.6 Å². The van der Waals surface area contributed by atoms with Gasteiger partial charge in [-0.25, -0.2) is 0 Å². The molecular formula is C24H30N2O4S. The number of likely N-dealkylation sites (tertiary alicyclic amines) is 1. The number of nitrogens with zero attached hydrogens (tertiary/aromatic N) is 1. The molecule has 1 aromatic heterocycles. The van der Waals surface area contributed by atoms with E-state index < -0.39 is 0 Å². The number of hydrogen-bond donors (Lipinski definition) is 1. The Morgan fingerprint density at radius 1 is 1.13 bits per heavy atom. The van der Waals surface area contributed by atoms with E-state index in [1.54, 1.807) is 14.2 Å². The molecule has 1 aliphatic heterocycles. The average molecular weight is 443 g/mol. The molecule has 2 aliphatic rings. The number of amides is 2. The monoisotopic (exact) mass is 442 g/mol. The molecular weight excluding hydrogens is 412 g/mol. The third kappa shape index (κ3) is 4.28. The fourth-order valence-electron chi connectivity index (χ4n) is 5.20. The smallest absolute Gasteiger partial charge is 0.263 e. The lowest BCUT2D eigenvalue weighted by atomic mass is 9.67. The number of carbonyl (C=O) groups is 2. The molecule has 0 unspecified atom stereocenters. The number of thiophene rings is 1. The molecule has 2 aromatic rings. The van der Waals surface area contributed by atoms with Crippen molar-refractivity contribution < 1.29 is 19.1 Å². The summed E-state index contributed by atoms with van der Waals surface area (Å²) in [5.41, 5.74) is 0.755. The van der Waals surface area contributed by atoms with Crippen LogP contribution in [0.15, 0.2) is 35.7 Å². The minimum atomic E-state index is -0.187. The van der Waals surface area contributed by atoms with Crippen LogP contribution in [0.25, 0.3) is 0 Å². The van der Waals surface area contributed by atoms with E-state index in [9.17, 15) is 9.59 Å². The summed E-state index contributed by atoms with van der Waals surface area (Å²) in [6.45, 7) is 1.52. The van der Waals surface area contributed by atoms with Gasteiger partial charge in [0.05, 0.1) is 25.0 Å². The first-order valence-corrected chi connectivity index (χ1v) is 11.8. The van der Waals surface area contributed by atoms with Gasteiger partial charge in [0.25, 0.3) is 5.91 Å². The lowest BCUT2D eigenvalue weighted by Gasteiger charge is -2.37. The van der Waals surface area contributed by atoms with Gasteiger partial charge in [0.2, 0.25) is 5.91 Å². The second-order valence-corrected chi connectivity index (χ2v) is 9.46. The molecule has 166 valence electrons. The van der Waals surface area contributed by atoms with Crippen LogP contribution in [0.3, 0.4) is 0 Å². The Labute approximate surface area is 187 Å². The van der Waals surface area contributed by atoms with E-state index in [0.29, 0.717) is 31.1 Å². The summed E-state index contributed by atoms with van der Waals surface area (Å²) < 4.78 is 10.9. The Hall–Kier alpha value is -2.54. The van der Waals surface area contributed by atoms with Gasteiger partial charge in [0.15, 0.2) is 11.5 Å². The lowest BCUT2D eigenvalue weighted by Crippen LogP contribution is -2.42. The van der Waals surface area contributed by atoms with Gasteiger partial charge in [-0.15, -0.1) is 11.3 Å². The molecule has 1 N–H and O–H groups in total. The molecule has 1 saturated carbocycles. The van der Waals surface area contributed by atoms with Gasteiger partial charge < -0.3 is 19.7 Å². The molecule has 2 amide bonds. The zero-order chi connectivity index (χ0) is 21.8. The molecule has 6 nitrogen and oxygen atoms in total. The van der Waals surface area contributed by atoms with Crippen molar-refractivity contribution in [2.24, 2.45) is 11.3 Å². The molecule has 1 aliphatic carbocycles. The third-order valence-corrected chi connectivity index (χ3v) is 7.63. The summed E-state index contributed by atoms with van der Waals surface area (Å²) in [5, 5.41) is 5.04. The number of carbonyl (C=O) groups excluding carboxylic acids is 2. The van der Waals surface area contributed by atoms with Crippen LogP contribution < -0.4 is 14.8 Å². The van der Waals surface area contributed by atoms with Crippen LogP contribution in [-0.2, 0) is 11.3 Å². The fourth-order valence-corrected chi connectivity index (χ4v) is 5.89. The van der Waals surface area contributed by atoms with E-state index in [0.717, 1.165) is 36.1 Å². The summed E-state index contributed by atoms with van der Waals surface area (Å²) in [7, 11) is 3.20. The summed E-state index contributed by atoms with van der Waals surface area (Å²) in [6.07, 6.45) is 5.45. The zero-order valence-corrected chi connectivity index (χ0v) is 19.0. The van der Waals surface area contributed by atoms with Gasteiger partial charge in [-0.1, -0.05) is 37.5 Å². The molecule has 2 fully saturated rings. The normalized spacial score (nSPS) is 19.9. The highest BCUT2D eigenvalue weighted by atomic mass is 32.1. The first kappa shape index (κ1) is 21.7. The molecule has 1 atom stereocenters. The van der Waals surface area contributed by atoms with Crippen molar-refractivity contribution in [3.05, 3.63) is 46.2 Å². The number of rotatable bonds is 6. The Bertz CT molecular complexity index is 922. The quantitative estimate of drug-likeness (QED) is 0.731. The maximum Gasteiger partial charge on any atom is 0.263 e. The zero-order valence-electron chi connectivity index (χ0n) is 18.2. The first-order valence-electron chi connectivity index (χ1n) is 10.9. The van der Waals surface area contributed by atoms with E-state index in [1.165, 1.54) is 17.8 Å². The molecule has 0 radical (unpaired) electrons. The predicted octanol–water partition coefficient (Wildman–Crippen LogP) is 4.10. The maximum atomic E-state index is 13.4. The molecule has 31 heavy (non-hydrogen) atoms. The average Bonchev–Trinajstić information content (AvgIpc) is 3.46. The largest absolute Gasteiger partial charge is 0.493 e. The minimum absolute atomic E-state index is 0.0215. The van der Waals surface area contributed by atoms with Crippen LogP contribution in [0, 0.1) is 11.3 Å². The van der Waals surface area contributed by atoms with Crippen molar-refractivity contribution in [3.63, 3.8) is 0 Å².